The van der Waals surface area contributed by atoms with E-state index >= 15 is 0 Å². The lowest BCUT2D eigenvalue weighted by Crippen LogP contribution is -2.59. The minimum absolute atomic E-state index is 0.0129. The number of fused-ring (bicyclic) bond motifs is 1. The van der Waals surface area contributed by atoms with Crippen LogP contribution in [0.5, 0.6) is 0 Å². The lowest BCUT2D eigenvalue weighted by atomic mass is 10.0. The van der Waals surface area contributed by atoms with Crippen LogP contribution in [-0.4, -0.2) is 59.8 Å². The smallest absolute Gasteiger partial charge is 0.407 e. The number of amides is 1. The molecule has 2 heterocycles. The van der Waals surface area contributed by atoms with Crippen molar-refractivity contribution in [2.75, 3.05) is 32.8 Å². The number of nitriles is 1. The van der Waals surface area contributed by atoms with Gasteiger partial charge in [-0.05, 0) is 17.7 Å². The lowest BCUT2D eigenvalue weighted by Gasteiger charge is -2.45. The van der Waals surface area contributed by atoms with E-state index in [-0.39, 0.29) is 17.7 Å². The summed E-state index contributed by atoms with van der Waals surface area (Å²) in [6.07, 6.45) is -1.13. The van der Waals surface area contributed by atoms with E-state index in [9.17, 15) is 9.18 Å². The molecule has 1 aromatic rings. The number of carboxylic acid groups (broad SMARTS) is 1. The quantitative estimate of drug-likeness (QED) is 0.849. The standard InChI is InChI=1S/C15H16FN3O3/c16-13-2-1-10(5-11(13)6-17)14-8-18-3-4-19(15(20)21)7-12(18)9-22-14/h1-2,5,12,14H,3-4,7-9H2,(H,20,21). The average Bonchev–Trinajstić information content (AvgIpc) is 2.54. The molecule has 0 spiro atoms. The van der Waals surface area contributed by atoms with Gasteiger partial charge >= 0.3 is 6.09 Å². The Balaban J connectivity index is 1.71. The molecule has 2 fully saturated rings. The average molecular weight is 305 g/mol. The van der Waals surface area contributed by atoms with Crippen molar-refractivity contribution in [3.8, 4) is 6.07 Å². The van der Waals surface area contributed by atoms with Crippen LogP contribution in [0.1, 0.15) is 17.2 Å². The summed E-state index contributed by atoms with van der Waals surface area (Å²) >= 11 is 0. The van der Waals surface area contributed by atoms with Gasteiger partial charge < -0.3 is 14.7 Å². The molecule has 2 unspecified atom stereocenters. The van der Waals surface area contributed by atoms with Gasteiger partial charge in [-0.15, -0.1) is 0 Å². The van der Waals surface area contributed by atoms with Gasteiger partial charge in [0, 0.05) is 26.2 Å². The highest BCUT2D eigenvalue weighted by atomic mass is 19.1. The highest BCUT2D eigenvalue weighted by Crippen LogP contribution is 2.28. The summed E-state index contributed by atoms with van der Waals surface area (Å²) < 4.78 is 19.2. The second-order valence-electron chi connectivity index (χ2n) is 5.55. The van der Waals surface area contributed by atoms with E-state index in [1.807, 2.05) is 6.07 Å². The zero-order chi connectivity index (χ0) is 15.7. The van der Waals surface area contributed by atoms with Crippen molar-refractivity contribution in [2.45, 2.75) is 12.1 Å². The molecule has 1 aromatic carbocycles. The van der Waals surface area contributed by atoms with Crippen molar-refractivity contribution in [3.05, 3.63) is 35.1 Å². The molecular formula is C15H16FN3O3. The summed E-state index contributed by atoms with van der Waals surface area (Å²) in [5.74, 6) is -0.532. The first kappa shape index (κ1) is 14.8. The first-order chi connectivity index (χ1) is 10.6. The van der Waals surface area contributed by atoms with E-state index < -0.39 is 11.9 Å². The Kier molecular flexibility index (Phi) is 3.96. The molecule has 1 amide bonds. The summed E-state index contributed by atoms with van der Waals surface area (Å²) in [4.78, 5) is 14.6. The maximum atomic E-state index is 13.4. The molecule has 0 aliphatic carbocycles. The Bertz CT molecular complexity index is 631. The van der Waals surface area contributed by atoms with Gasteiger partial charge in [-0.1, -0.05) is 6.07 Å². The summed E-state index contributed by atoms with van der Waals surface area (Å²) in [5, 5.41) is 18.0. The fraction of sp³-hybridized carbons (Fsp3) is 0.467. The lowest BCUT2D eigenvalue weighted by molar-refractivity contribution is -0.0866. The summed E-state index contributed by atoms with van der Waals surface area (Å²) in [7, 11) is 0. The van der Waals surface area contributed by atoms with Crippen LogP contribution in [0.4, 0.5) is 9.18 Å². The number of hydrogen-bond acceptors (Lipinski definition) is 4. The predicted molar refractivity (Wildman–Crippen MR) is 74.8 cm³/mol. The SMILES string of the molecule is N#Cc1cc(C2CN3CCN(C(=O)O)CC3CO2)ccc1F. The van der Waals surface area contributed by atoms with Gasteiger partial charge in [-0.3, -0.25) is 4.90 Å². The monoisotopic (exact) mass is 305 g/mol. The zero-order valence-electron chi connectivity index (χ0n) is 11.9. The van der Waals surface area contributed by atoms with Crippen molar-refractivity contribution >= 4 is 6.09 Å². The predicted octanol–water partition coefficient (Wildman–Crippen LogP) is 1.43. The van der Waals surface area contributed by atoms with E-state index in [4.69, 9.17) is 15.1 Å². The Labute approximate surface area is 127 Å². The number of hydrogen-bond donors (Lipinski definition) is 1. The van der Waals surface area contributed by atoms with Crippen LogP contribution >= 0.6 is 0 Å². The van der Waals surface area contributed by atoms with Crippen LogP contribution in [0.25, 0.3) is 0 Å². The minimum atomic E-state index is -0.904. The molecule has 0 saturated carbocycles. The van der Waals surface area contributed by atoms with Crippen LogP contribution in [0.3, 0.4) is 0 Å². The van der Waals surface area contributed by atoms with Gasteiger partial charge in [-0.2, -0.15) is 5.26 Å². The molecular weight excluding hydrogens is 289 g/mol. The van der Waals surface area contributed by atoms with E-state index in [1.54, 1.807) is 6.07 Å². The molecule has 0 bridgehead atoms. The first-order valence-electron chi connectivity index (χ1n) is 7.11. The number of nitrogens with zero attached hydrogens (tertiary/aromatic N) is 3. The maximum Gasteiger partial charge on any atom is 0.407 e. The number of morpholine rings is 1. The van der Waals surface area contributed by atoms with E-state index in [0.717, 1.165) is 5.56 Å². The van der Waals surface area contributed by atoms with Gasteiger partial charge in [-0.25, -0.2) is 9.18 Å². The molecule has 2 aliphatic heterocycles. The Morgan fingerprint density at radius 2 is 2.23 bits per heavy atom. The van der Waals surface area contributed by atoms with Gasteiger partial charge in [0.05, 0.1) is 24.3 Å². The van der Waals surface area contributed by atoms with Gasteiger partial charge in [0.25, 0.3) is 0 Å². The topological polar surface area (TPSA) is 76.8 Å². The fourth-order valence-electron chi connectivity index (χ4n) is 2.99. The van der Waals surface area contributed by atoms with Gasteiger partial charge in [0.1, 0.15) is 11.9 Å². The van der Waals surface area contributed by atoms with E-state index in [1.165, 1.54) is 17.0 Å². The minimum Gasteiger partial charge on any atom is -0.465 e. The fourth-order valence-corrected chi connectivity index (χ4v) is 2.99. The third kappa shape index (κ3) is 2.75. The van der Waals surface area contributed by atoms with E-state index in [0.29, 0.717) is 32.8 Å². The number of halogens is 1. The summed E-state index contributed by atoms with van der Waals surface area (Å²) in [5.41, 5.74) is 0.788. The van der Waals surface area contributed by atoms with Crippen molar-refractivity contribution in [1.82, 2.24) is 9.80 Å². The molecule has 116 valence electrons. The Morgan fingerprint density at radius 3 is 2.95 bits per heavy atom. The van der Waals surface area contributed by atoms with Crippen LogP contribution < -0.4 is 0 Å². The number of benzene rings is 1. The second kappa shape index (κ2) is 5.91. The number of piperazine rings is 1. The highest BCUT2D eigenvalue weighted by molar-refractivity contribution is 5.65. The zero-order valence-corrected chi connectivity index (χ0v) is 11.9. The molecule has 7 heteroatoms. The molecule has 2 aliphatic rings. The van der Waals surface area contributed by atoms with Crippen molar-refractivity contribution in [3.63, 3.8) is 0 Å². The molecule has 2 atom stereocenters. The molecule has 0 aromatic heterocycles. The Hall–Kier alpha value is -2.17. The normalized spacial score (nSPS) is 25.4. The molecule has 22 heavy (non-hydrogen) atoms. The second-order valence-corrected chi connectivity index (χ2v) is 5.55. The molecule has 6 nitrogen and oxygen atoms in total. The Morgan fingerprint density at radius 1 is 1.41 bits per heavy atom. The van der Waals surface area contributed by atoms with Crippen molar-refractivity contribution in [2.24, 2.45) is 0 Å². The number of rotatable bonds is 1. The van der Waals surface area contributed by atoms with Crippen molar-refractivity contribution < 1.29 is 19.0 Å². The maximum absolute atomic E-state index is 13.4. The van der Waals surface area contributed by atoms with Gasteiger partial charge in [0.2, 0.25) is 0 Å². The number of ether oxygens (including phenoxy) is 1. The van der Waals surface area contributed by atoms with Crippen LogP contribution in [-0.2, 0) is 4.74 Å². The third-order valence-electron chi connectivity index (χ3n) is 4.25. The highest BCUT2D eigenvalue weighted by Gasteiger charge is 2.35. The van der Waals surface area contributed by atoms with Crippen LogP contribution in [0.2, 0.25) is 0 Å². The van der Waals surface area contributed by atoms with Crippen molar-refractivity contribution in [1.29, 1.82) is 5.26 Å². The van der Waals surface area contributed by atoms with Crippen LogP contribution in [0.15, 0.2) is 18.2 Å². The van der Waals surface area contributed by atoms with Crippen LogP contribution in [0, 0.1) is 17.1 Å². The first-order valence-corrected chi connectivity index (χ1v) is 7.11. The number of carbonyl (C=O) groups is 1. The molecule has 1 N–H and O–H groups in total. The molecule has 0 radical (unpaired) electrons. The molecule has 2 saturated heterocycles. The molecule has 3 rings (SSSR count). The van der Waals surface area contributed by atoms with E-state index in [2.05, 4.69) is 4.90 Å². The third-order valence-corrected chi connectivity index (χ3v) is 4.25. The summed E-state index contributed by atoms with van der Waals surface area (Å²) in [6, 6.07) is 6.32. The summed E-state index contributed by atoms with van der Waals surface area (Å²) in [6.45, 7) is 2.62. The van der Waals surface area contributed by atoms with Gasteiger partial charge in [0.15, 0.2) is 0 Å². The largest absolute Gasteiger partial charge is 0.465 e.